The van der Waals surface area contributed by atoms with E-state index >= 15 is 0 Å². The molecule has 132 valence electrons. The van der Waals surface area contributed by atoms with Crippen LogP contribution in [0.2, 0.25) is 0 Å². The first-order chi connectivity index (χ1) is 11.5. The number of carboxylic acid groups (broad SMARTS) is 1. The first kappa shape index (κ1) is 19.7. The summed E-state index contributed by atoms with van der Waals surface area (Å²) in [6, 6.07) is 7.77. The summed E-state index contributed by atoms with van der Waals surface area (Å²) in [6.07, 6.45) is 1.53. The number of benzene rings is 1. The van der Waals surface area contributed by atoms with Crippen LogP contribution in [-0.4, -0.2) is 46.9 Å². The van der Waals surface area contributed by atoms with Gasteiger partial charge in [0.2, 0.25) is 5.91 Å². The SMILES string of the molecule is CCCN(CCC)C(=O)[C@@H](CCC(=O)O)NC(=O)c1ccccc1. The smallest absolute Gasteiger partial charge is 0.303 e. The van der Waals surface area contributed by atoms with E-state index in [0.29, 0.717) is 18.7 Å². The van der Waals surface area contributed by atoms with E-state index in [1.807, 2.05) is 13.8 Å². The van der Waals surface area contributed by atoms with Crippen LogP contribution >= 0.6 is 0 Å². The summed E-state index contributed by atoms with van der Waals surface area (Å²) in [7, 11) is 0. The van der Waals surface area contributed by atoms with Gasteiger partial charge in [0.25, 0.3) is 5.91 Å². The van der Waals surface area contributed by atoms with Crippen LogP contribution in [0.4, 0.5) is 0 Å². The van der Waals surface area contributed by atoms with Crippen molar-refractivity contribution < 1.29 is 19.5 Å². The van der Waals surface area contributed by atoms with Crippen LogP contribution in [0.15, 0.2) is 30.3 Å². The molecule has 2 amide bonds. The maximum absolute atomic E-state index is 12.7. The average Bonchev–Trinajstić information content (AvgIpc) is 2.58. The van der Waals surface area contributed by atoms with E-state index in [4.69, 9.17) is 5.11 Å². The van der Waals surface area contributed by atoms with Crippen LogP contribution in [0.3, 0.4) is 0 Å². The third kappa shape index (κ3) is 6.40. The Balaban J connectivity index is 2.87. The zero-order chi connectivity index (χ0) is 17.9. The van der Waals surface area contributed by atoms with Crippen molar-refractivity contribution in [1.29, 1.82) is 0 Å². The fourth-order valence-corrected chi connectivity index (χ4v) is 2.45. The van der Waals surface area contributed by atoms with Gasteiger partial charge in [0, 0.05) is 25.1 Å². The number of nitrogens with one attached hydrogen (secondary N) is 1. The van der Waals surface area contributed by atoms with Gasteiger partial charge in [0.05, 0.1) is 0 Å². The van der Waals surface area contributed by atoms with Crippen LogP contribution in [0.1, 0.15) is 49.9 Å². The third-order valence-electron chi connectivity index (χ3n) is 3.58. The van der Waals surface area contributed by atoms with E-state index in [9.17, 15) is 14.4 Å². The van der Waals surface area contributed by atoms with Gasteiger partial charge in [-0.1, -0.05) is 32.0 Å². The summed E-state index contributed by atoms with van der Waals surface area (Å²) < 4.78 is 0. The predicted molar refractivity (Wildman–Crippen MR) is 91.7 cm³/mol. The van der Waals surface area contributed by atoms with Crippen molar-refractivity contribution >= 4 is 17.8 Å². The third-order valence-corrected chi connectivity index (χ3v) is 3.58. The number of hydrogen-bond donors (Lipinski definition) is 2. The molecule has 24 heavy (non-hydrogen) atoms. The van der Waals surface area contributed by atoms with Gasteiger partial charge in [0.1, 0.15) is 6.04 Å². The van der Waals surface area contributed by atoms with Gasteiger partial charge < -0.3 is 15.3 Å². The molecule has 6 heteroatoms. The number of carbonyl (C=O) groups is 3. The molecule has 1 rings (SSSR count). The minimum absolute atomic E-state index is 0.0800. The molecule has 0 spiro atoms. The Morgan fingerprint density at radius 2 is 1.67 bits per heavy atom. The van der Waals surface area contributed by atoms with Crippen molar-refractivity contribution in [1.82, 2.24) is 10.2 Å². The molecule has 0 radical (unpaired) electrons. The standard InChI is InChI=1S/C18H26N2O4/c1-3-12-20(13-4-2)18(24)15(10-11-16(21)22)19-17(23)14-8-6-5-7-9-14/h5-9,15H,3-4,10-13H2,1-2H3,(H,19,23)(H,21,22)/t15-/m1/s1. The molecule has 0 aliphatic carbocycles. The number of aliphatic carboxylic acids is 1. The number of rotatable bonds is 10. The quantitative estimate of drug-likeness (QED) is 0.687. The second-order valence-corrected chi connectivity index (χ2v) is 5.65. The lowest BCUT2D eigenvalue weighted by Crippen LogP contribution is -2.49. The molecule has 0 saturated carbocycles. The molecule has 0 fully saturated rings. The van der Waals surface area contributed by atoms with Gasteiger partial charge in [-0.05, 0) is 31.4 Å². The molecule has 0 aliphatic heterocycles. The number of nitrogens with zero attached hydrogens (tertiary/aromatic N) is 1. The first-order valence-corrected chi connectivity index (χ1v) is 8.36. The van der Waals surface area contributed by atoms with Crippen molar-refractivity contribution in [2.24, 2.45) is 0 Å². The molecule has 0 aromatic heterocycles. The summed E-state index contributed by atoms with van der Waals surface area (Å²) in [6.45, 7) is 5.14. The summed E-state index contributed by atoms with van der Waals surface area (Å²) in [5, 5.41) is 11.6. The highest BCUT2D eigenvalue weighted by molar-refractivity contribution is 5.97. The van der Waals surface area contributed by atoms with E-state index in [1.54, 1.807) is 35.2 Å². The van der Waals surface area contributed by atoms with Gasteiger partial charge in [-0.25, -0.2) is 0 Å². The number of hydrogen-bond acceptors (Lipinski definition) is 3. The fraction of sp³-hybridized carbons (Fsp3) is 0.500. The molecule has 0 aliphatic rings. The Bertz CT molecular complexity index is 539. The van der Waals surface area contributed by atoms with Gasteiger partial charge in [-0.2, -0.15) is 0 Å². The van der Waals surface area contributed by atoms with Crippen molar-refractivity contribution in [2.45, 2.75) is 45.6 Å². The highest BCUT2D eigenvalue weighted by Gasteiger charge is 2.26. The molecular formula is C18H26N2O4. The first-order valence-electron chi connectivity index (χ1n) is 8.36. The van der Waals surface area contributed by atoms with Gasteiger partial charge >= 0.3 is 5.97 Å². The highest BCUT2D eigenvalue weighted by atomic mass is 16.4. The molecule has 1 aromatic rings. The molecule has 0 unspecified atom stereocenters. The minimum atomic E-state index is -0.987. The van der Waals surface area contributed by atoms with E-state index < -0.39 is 12.0 Å². The average molecular weight is 334 g/mol. The number of carbonyl (C=O) groups excluding carboxylic acids is 2. The Morgan fingerprint density at radius 3 is 2.17 bits per heavy atom. The second kappa shape index (κ2) is 10.4. The van der Waals surface area contributed by atoms with Gasteiger partial charge in [-0.15, -0.1) is 0 Å². The van der Waals surface area contributed by atoms with E-state index in [0.717, 1.165) is 12.8 Å². The Kier molecular flexibility index (Phi) is 8.54. The van der Waals surface area contributed by atoms with Crippen molar-refractivity contribution in [3.05, 3.63) is 35.9 Å². The van der Waals surface area contributed by atoms with Crippen LogP contribution in [-0.2, 0) is 9.59 Å². The minimum Gasteiger partial charge on any atom is -0.481 e. The second-order valence-electron chi connectivity index (χ2n) is 5.65. The Labute approximate surface area is 142 Å². The summed E-state index contributed by atoms with van der Waals surface area (Å²) in [5.74, 6) is -1.57. The highest BCUT2D eigenvalue weighted by Crippen LogP contribution is 2.08. The van der Waals surface area contributed by atoms with Gasteiger partial charge in [-0.3, -0.25) is 14.4 Å². The lowest BCUT2D eigenvalue weighted by atomic mass is 10.1. The predicted octanol–water partition coefficient (Wildman–Crippen LogP) is 2.30. The maximum atomic E-state index is 12.7. The summed E-state index contributed by atoms with van der Waals surface area (Å²) >= 11 is 0. The Hall–Kier alpha value is -2.37. The molecule has 6 nitrogen and oxygen atoms in total. The van der Waals surface area contributed by atoms with Crippen LogP contribution in [0.5, 0.6) is 0 Å². The van der Waals surface area contributed by atoms with E-state index in [-0.39, 0.29) is 24.7 Å². The fourth-order valence-electron chi connectivity index (χ4n) is 2.45. The molecule has 1 aromatic carbocycles. The molecule has 0 heterocycles. The monoisotopic (exact) mass is 334 g/mol. The summed E-state index contributed by atoms with van der Waals surface area (Å²) in [5.41, 5.74) is 0.447. The van der Waals surface area contributed by atoms with Crippen molar-refractivity contribution in [3.63, 3.8) is 0 Å². The molecule has 0 bridgehead atoms. The normalized spacial score (nSPS) is 11.6. The molecule has 2 N–H and O–H groups in total. The van der Waals surface area contributed by atoms with Crippen LogP contribution in [0.25, 0.3) is 0 Å². The van der Waals surface area contributed by atoms with Crippen LogP contribution in [0, 0.1) is 0 Å². The largest absolute Gasteiger partial charge is 0.481 e. The Morgan fingerprint density at radius 1 is 1.08 bits per heavy atom. The number of carboxylic acids is 1. The lowest BCUT2D eigenvalue weighted by Gasteiger charge is -2.27. The van der Waals surface area contributed by atoms with E-state index in [1.165, 1.54) is 0 Å². The summed E-state index contributed by atoms with van der Waals surface area (Å²) in [4.78, 5) is 37.6. The van der Waals surface area contributed by atoms with E-state index in [2.05, 4.69) is 5.32 Å². The van der Waals surface area contributed by atoms with Gasteiger partial charge in [0.15, 0.2) is 0 Å². The van der Waals surface area contributed by atoms with Crippen molar-refractivity contribution in [2.75, 3.05) is 13.1 Å². The van der Waals surface area contributed by atoms with Crippen molar-refractivity contribution in [3.8, 4) is 0 Å². The molecule has 0 saturated heterocycles. The number of amides is 2. The molecule has 1 atom stereocenters. The van der Waals surface area contributed by atoms with Crippen LogP contribution < -0.4 is 5.32 Å². The maximum Gasteiger partial charge on any atom is 0.303 e. The zero-order valence-electron chi connectivity index (χ0n) is 14.3. The molecular weight excluding hydrogens is 308 g/mol. The lowest BCUT2D eigenvalue weighted by molar-refractivity contribution is -0.138. The topological polar surface area (TPSA) is 86.7 Å². The zero-order valence-corrected chi connectivity index (χ0v) is 14.3.